The molecule has 2 aliphatic rings. The van der Waals surface area contributed by atoms with Gasteiger partial charge in [-0.3, -0.25) is 14.5 Å². The molecule has 0 aliphatic carbocycles. The predicted molar refractivity (Wildman–Crippen MR) is 114 cm³/mol. The highest BCUT2D eigenvalue weighted by Gasteiger charge is 2.31. The van der Waals surface area contributed by atoms with Crippen LogP contribution in [0.2, 0.25) is 0 Å². The van der Waals surface area contributed by atoms with Gasteiger partial charge >= 0.3 is 0 Å². The largest absolute Gasteiger partial charge is 0.497 e. The van der Waals surface area contributed by atoms with Gasteiger partial charge in [0.2, 0.25) is 11.8 Å². The van der Waals surface area contributed by atoms with Gasteiger partial charge in [0.25, 0.3) is 0 Å². The molecular weight excluding hydrogens is 386 g/mol. The molecule has 1 fully saturated rings. The van der Waals surface area contributed by atoms with E-state index in [1.54, 1.807) is 7.11 Å². The van der Waals surface area contributed by atoms with Crippen molar-refractivity contribution in [2.75, 3.05) is 38.6 Å². The van der Waals surface area contributed by atoms with Crippen LogP contribution in [0, 0.1) is 0 Å². The number of ether oxygens (including phenoxy) is 1. The van der Waals surface area contributed by atoms with Crippen LogP contribution in [-0.2, 0) is 16.1 Å². The molecule has 2 aromatic rings. The zero-order chi connectivity index (χ0) is 20.2. The van der Waals surface area contributed by atoms with Crippen molar-refractivity contribution in [1.82, 2.24) is 9.80 Å². The minimum Gasteiger partial charge on any atom is -0.497 e. The second-order valence-electron chi connectivity index (χ2n) is 7.30. The summed E-state index contributed by atoms with van der Waals surface area (Å²) in [5.74, 6) is 0.831. The number of rotatable bonds is 5. The molecule has 6 nitrogen and oxygen atoms in total. The van der Waals surface area contributed by atoms with Crippen LogP contribution in [0.3, 0.4) is 0 Å². The van der Waals surface area contributed by atoms with Crippen LogP contribution in [0.15, 0.2) is 53.4 Å². The number of piperazine rings is 1. The molecule has 0 spiro atoms. The van der Waals surface area contributed by atoms with Gasteiger partial charge in [-0.2, -0.15) is 0 Å². The number of carbonyl (C=O) groups excluding carboxylic acids is 2. The highest BCUT2D eigenvalue weighted by molar-refractivity contribution is 8.01. The lowest BCUT2D eigenvalue weighted by molar-refractivity contribution is -0.134. The maximum absolute atomic E-state index is 12.8. The van der Waals surface area contributed by atoms with Crippen LogP contribution in [0.4, 0.5) is 5.69 Å². The molecule has 7 heteroatoms. The van der Waals surface area contributed by atoms with E-state index in [1.807, 2.05) is 41.3 Å². The number of nitrogens with one attached hydrogen (secondary N) is 1. The Labute approximate surface area is 175 Å². The molecule has 0 radical (unpaired) electrons. The zero-order valence-corrected chi connectivity index (χ0v) is 17.3. The molecule has 2 aromatic carbocycles. The van der Waals surface area contributed by atoms with Crippen molar-refractivity contribution < 1.29 is 14.3 Å². The van der Waals surface area contributed by atoms with Crippen LogP contribution in [-0.4, -0.2) is 60.2 Å². The standard InChI is InChI=1S/C22H25N3O3S/c1-28-17-8-6-16(7-9-17)15-24-10-12-25(13-11-24)21(26)14-20-22(27)23-18-4-2-3-5-19(18)29-20/h2-9,20H,10-15H2,1H3,(H,23,27)/t20-/m1/s1. The minimum absolute atomic E-state index is 0.0566. The fourth-order valence-corrected chi connectivity index (χ4v) is 4.76. The van der Waals surface area contributed by atoms with Crippen molar-refractivity contribution in [1.29, 1.82) is 0 Å². The van der Waals surface area contributed by atoms with E-state index in [0.717, 1.165) is 36.0 Å². The molecule has 2 amide bonds. The number of para-hydroxylation sites is 1. The van der Waals surface area contributed by atoms with Gasteiger partial charge in [-0.25, -0.2) is 0 Å². The fraction of sp³-hybridized carbons (Fsp3) is 0.364. The highest BCUT2D eigenvalue weighted by atomic mass is 32.2. The number of thioether (sulfide) groups is 1. The number of nitrogens with zero attached hydrogens (tertiary/aromatic N) is 2. The van der Waals surface area contributed by atoms with Crippen molar-refractivity contribution >= 4 is 29.3 Å². The molecule has 2 aliphatic heterocycles. The molecule has 29 heavy (non-hydrogen) atoms. The summed E-state index contributed by atoms with van der Waals surface area (Å²) in [5.41, 5.74) is 2.07. The number of methoxy groups -OCH3 is 1. The van der Waals surface area contributed by atoms with Gasteiger partial charge in [-0.1, -0.05) is 24.3 Å². The van der Waals surface area contributed by atoms with Crippen LogP contribution < -0.4 is 10.1 Å². The van der Waals surface area contributed by atoms with E-state index in [9.17, 15) is 9.59 Å². The highest BCUT2D eigenvalue weighted by Crippen LogP contribution is 2.36. The van der Waals surface area contributed by atoms with E-state index in [2.05, 4.69) is 22.3 Å². The Morgan fingerprint density at radius 3 is 2.55 bits per heavy atom. The minimum atomic E-state index is -0.366. The number of benzene rings is 2. The van der Waals surface area contributed by atoms with Gasteiger partial charge in [-0.05, 0) is 29.8 Å². The molecule has 0 aromatic heterocycles. The summed E-state index contributed by atoms with van der Waals surface area (Å²) in [4.78, 5) is 30.4. The van der Waals surface area contributed by atoms with Crippen molar-refractivity contribution in [3.05, 3.63) is 54.1 Å². The molecule has 0 unspecified atom stereocenters. The first-order valence-corrected chi connectivity index (χ1v) is 10.7. The Balaban J connectivity index is 1.27. The van der Waals surface area contributed by atoms with Crippen molar-refractivity contribution in [2.45, 2.75) is 23.1 Å². The van der Waals surface area contributed by atoms with Gasteiger partial charge in [0.05, 0.1) is 18.0 Å². The van der Waals surface area contributed by atoms with Crippen LogP contribution in [0.1, 0.15) is 12.0 Å². The summed E-state index contributed by atoms with van der Waals surface area (Å²) < 4.78 is 5.20. The molecule has 1 N–H and O–H groups in total. The van der Waals surface area contributed by atoms with Crippen molar-refractivity contribution in [3.8, 4) is 5.75 Å². The first-order valence-electron chi connectivity index (χ1n) is 9.82. The Hall–Kier alpha value is -2.51. The molecule has 152 valence electrons. The Kier molecular flexibility index (Phi) is 6.06. The summed E-state index contributed by atoms with van der Waals surface area (Å²) in [6.45, 7) is 3.94. The summed E-state index contributed by atoms with van der Waals surface area (Å²) in [7, 11) is 1.67. The maximum Gasteiger partial charge on any atom is 0.238 e. The molecule has 4 rings (SSSR count). The Morgan fingerprint density at radius 2 is 1.83 bits per heavy atom. The smallest absolute Gasteiger partial charge is 0.238 e. The van der Waals surface area contributed by atoms with Gasteiger partial charge in [0, 0.05) is 44.0 Å². The average molecular weight is 412 g/mol. The second kappa shape index (κ2) is 8.88. The van der Waals surface area contributed by atoms with Crippen LogP contribution in [0.25, 0.3) is 0 Å². The third-order valence-corrected chi connectivity index (χ3v) is 6.63. The van der Waals surface area contributed by atoms with Crippen molar-refractivity contribution in [3.63, 3.8) is 0 Å². The van der Waals surface area contributed by atoms with E-state index >= 15 is 0 Å². The maximum atomic E-state index is 12.8. The number of amides is 2. The summed E-state index contributed by atoms with van der Waals surface area (Å²) >= 11 is 1.48. The number of carbonyl (C=O) groups is 2. The fourth-order valence-electron chi connectivity index (χ4n) is 3.66. The molecule has 2 heterocycles. The van der Waals surface area contributed by atoms with E-state index in [0.29, 0.717) is 13.1 Å². The molecular formula is C22H25N3O3S. The topological polar surface area (TPSA) is 61.9 Å². The average Bonchev–Trinajstić information content (AvgIpc) is 2.75. The normalized spacial score (nSPS) is 19.4. The first-order chi connectivity index (χ1) is 14.1. The summed E-state index contributed by atoms with van der Waals surface area (Å²) in [6.07, 6.45) is 0.239. The third kappa shape index (κ3) is 4.74. The second-order valence-corrected chi connectivity index (χ2v) is 8.55. The van der Waals surface area contributed by atoms with Gasteiger partial charge in [-0.15, -0.1) is 11.8 Å². The van der Waals surface area contributed by atoms with Gasteiger partial charge in [0.15, 0.2) is 0 Å². The quantitative estimate of drug-likeness (QED) is 0.820. The SMILES string of the molecule is COc1ccc(CN2CCN(C(=O)C[C@H]3Sc4ccccc4NC3=O)CC2)cc1. The molecule has 1 saturated heterocycles. The Morgan fingerprint density at radius 1 is 1.10 bits per heavy atom. The summed E-state index contributed by atoms with van der Waals surface area (Å²) in [5, 5.41) is 2.55. The van der Waals surface area contributed by atoms with Crippen molar-refractivity contribution in [2.24, 2.45) is 0 Å². The lowest BCUT2D eigenvalue weighted by Crippen LogP contribution is -2.49. The zero-order valence-electron chi connectivity index (χ0n) is 16.5. The Bertz CT molecular complexity index is 879. The van der Waals surface area contributed by atoms with E-state index in [-0.39, 0.29) is 23.5 Å². The molecule has 0 bridgehead atoms. The lowest BCUT2D eigenvalue weighted by Gasteiger charge is -2.35. The molecule has 1 atom stereocenters. The third-order valence-electron chi connectivity index (χ3n) is 5.36. The number of fused-ring (bicyclic) bond motifs is 1. The summed E-state index contributed by atoms with van der Waals surface area (Å²) in [6, 6.07) is 15.8. The first kappa shape index (κ1) is 19.8. The van der Waals surface area contributed by atoms with Gasteiger partial charge in [0.1, 0.15) is 5.75 Å². The molecule has 0 saturated carbocycles. The van der Waals surface area contributed by atoms with Gasteiger partial charge < -0.3 is 15.0 Å². The van der Waals surface area contributed by atoms with Crippen LogP contribution >= 0.6 is 11.8 Å². The van der Waals surface area contributed by atoms with Crippen LogP contribution in [0.5, 0.6) is 5.75 Å². The lowest BCUT2D eigenvalue weighted by atomic mass is 10.1. The number of anilines is 1. The monoisotopic (exact) mass is 411 g/mol. The number of hydrogen-bond acceptors (Lipinski definition) is 5. The predicted octanol–water partition coefficient (Wildman–Crippen LogP) is 2.84. The number of hydrogen-bond donors (Lipinski definition) is 1. The van der Waals surface area contributed by atoms with E-state index < -0.39 is 0 Å². The van der Waals surface area contributed by atoms with E-state index in [1.165, 1.54) is 17.3 Å². The van der Waals surface area contributed by atoms with E-state index in [4.69, 9.17) is 4.74 Å².